The molecule has 118 valence electrons. The van der Waals surface area contributed by atoms with Crippen LogP contribution in [0.2, 0.25) is 0 Å². The molecule has 0 aromatic heterocycles. The van der Waals surface area contributed by atoms with Crippen LogP contribution in [0, 0.1) is 12.8 Å². The number of carbonyl (C=O) groups is 1. The molecule has 0 radical (unpaired) electrons. The maximum Gasteiger partial charge on any atom is 0.228 e. The van der Waals surface area contributed by atoms with Gasteiger partial charge in [-0.1, -0.05) is 30.3 Å². The lowest BCUT2D eigenvalue weighted by Gasteiger charge is -2.26. The van der Waals surface area contributed by atoms with E-state index in [0.29, 0.717) is 5.69 Å². The molecule has 3 heteroatoms. The monoisotopic (exact) mass is 306 g/mol. The van der Waals surface area contributed by atoms with Crippen LogP contribution < -0.4 is 11.1 Å². The molecule has 1 fully saturated rings. The summed E-state index contributed by atoms with van der Waals surface area (Å²) in [4.78, 5) is 12.8. The second-order valence-corrected chi connectivity index (χ2v) is 6.99. The number of nitrogen functional groups attached to an aromatic ring is 1. The fraction of sp³-hybridized carbons (Fsp3) is 0.350. The van der Waals surface area contributed by atoms with E-state index in [0.717, 1.165) is 30.5 Å². The van der Waals surface area contributed by atoms with Crippen LogP contribution in [0.5, 0.6) is 0 Å². The molecule has 0 saturated heterocycles. The van der Waals surface area contributed by atoms with Crippen molar-refractivity contribution in [3.63, 3.8) is 0 Å². The zero-order valence-corrected chi connectivity index (χ0v) is 13.4. The molecule has 0 unspecified atom stereocenters. The van der Waals surface area contributed by atoms with Gasteiger partial charge in [0.15, 0.2) is 0 Å². The van der Waals surface area contributed by atoms with Gasteiger partial charge in [0.25, 0.3) is 0 Å². The number of carbonyl (C=O) groups excluding carboxylic acids is 1. The summed E-state index contributed by atoms with van der Waals surface area (Å²) in [6.45, 7) is 1.99. The lowest BCUT2D eigenvalue weighted by Crippen LogP contribution is -2.25. The van der Waals surface area contributed by atoms with Crippen LogP contribution in [-0.2, 0) is 16.6 Å². The summed E-state index contributed by atoms with van der Waals surface area (Å²) in [5.41, 5.74) is 11.3. The van der Waals surface area contributed by atoms with E-state index in [1.54, 1.807) is 0 Å². The molecule has 2 atom stereocenters. The van der Waals surface area contributed by atoms with Crippen molar-refractivity contribution in [2.24, 2.45) is 5.92 Å². The predicted molar refractivity (Wildman–Crippen MR) is 93.4 cm³/mol. The minimum Gasteiger partial charge on any atom is -0.399 e. The van der Waals surface area contributed by atoms with Gasteiger partial charge in [0.2, 0.25) is 5.91 Å². The van der Waals surface area contributed by atoms with Crippen LogP contribution in [0.4, 0.5) is 11.4 Å². The average Bonchev–Trinajstić information content (AvgIpc) is 3.26. The first-order valence-corrected chi connectivity index (χ1v) is 8.35. The second kappa shape index (κ2) is 5.12. The van der Waals surface area contributed by atoms with Gasteiger partial charge in [-0.05, 0) is 61.4 Å². The van der Waals surface area contributed by atoms with E-state index in [4.69, 9.17) is 5.73 Å². The van der Waals surface area contributed by atoms with E-state index in [1.807, 2.05) is 25.1 Å². The Kier molecular flexibility index (Phi) is 3.19. The van der Waals surface area contributed by atoms with Gasteiger partial charge in [0.1, 0.15) is 0 Å². The summed E-state index contributed by atoms with van der Waals surface area (Å²) in [5.74, 6) is 0.222. The number of nitrogens with two attached hydrogens (primary N) is 1. The Balaban J connectivity index is 1.58. The third-order valence-corrected chi connectivity index (χ3v) is 5.53. The van der Waals surface area contributed by atoms with Crippen LogP contribution in [0.3, 0.4) is 0 Å². The van der Waals surface area contributed by atoms with Crippen LogP contribution >= 0.6 is 0 Å². The highest BCUT2D eigenvalue weighted by atomic mass is 16.2. The molecule has 0 aliphatic heterocycles. The Hall–Kier alpha value is -2.29. The molecular formula is C20H22N2O. The predicted octanol–water partition coefficient (Wildman–Crippen LogP) is 3.81. The lowest BCUT2D eigenvalue weighted by molar-refractivity contribution is -0.117. The topological polar surface area (TPSA) is 55.1 Å². The van der Waals surface area contributed by atoms with E-state index < -0.39 is 0 Å². The van der Waals surface area contributed by atoms with E-state index in [1.165, 1.54) is 17.5 Å². The highest BCUT2D eigenvalue weighted by molar-refractivity contribution is 5.97. The zero-order valence-electron chi connectivity index (χ0n) is 13.4. The van der Waals surface area contributed by atoms with Gasteiger partial charge in [-0.15, -0.1) is 0 Å². The molecule has 23 heavy (non-hydrogen) atoms. The standard InChI is InChI=1S/C20H22N2O/c1-13-8-9-15(21)11-18(13)22-19(23)17-12-20(17)10-4-6-14-5-2-3-7-16(14)20/h2-3,5,7-9,11,17H,4,6,10,12,21H2,1H3,(H,22,23)/t17-,20+/m1/s1. The molecule has 1 spiro atoms. The summed E-state index contributed by atoms with van der Waals surface area (Å²) >= 11 is 0. The van der Waals surface area contributed by atoms with E-state index in [2.05, 4.69) is 29.6 Å². The Morgan fingerprint density at radius 1 is 1.26 bits per heavy atom. The normalized spacial score (nSPS) is 25.0. The Bertz CT molecular complexity index is 783. The molecule has 2 aromatic rings. The smallest absolute Gasteiger partial charge is 0.228 e. The van der Waals surface area contributed by atoms with Crippen molar-refractivity contribution in [2.75, 3.05) is 11.1 Å². The molecule has 3 N–H and O–H groups in total. The number of hydrogen-bond donors (Lipinski definition) is 2. The van der Waals surface area contributed by atoms with Gasteiger partial charge in [-0.3, -0.25) is 4.79 Å². The number of amides is 1. The summed E-state index contributed by atoms with van der Waals surface area (Å²) in [6, 6.07) is 14.3. The summed E-state index contributed by atoms with van der Waals surface area (Å²) in [6.07, 6.45) is 4.41. The van der Waals surface area contributed by atoms with Gasteiger partial charge in [-0.25, -0.2) is 0 Å². The van der Waals surface area contributed by atoms with Crippen LogP contribution in [0.1, 0.15) is 36.0 Å². The molecule has 4 rings (SSSR count). The Morgan fingerprint density at radius 2 is 2.09 bits per heavy atom. The van der Waals surface area contributed by atoms with E-state index in [-0.39, 0.29) is 17.2 Å². The highest BCUT2D eigenvalue weighted by Gasteiger charge is 2.60. The SMILES string of the molecule is Cc1ccc(N)cc1NC(=O)[C@H]1C[C@]12CCCc1ccccc12. The first-order chi connectivity index (χ1) is 11.1. The number of anilines is 2. The maximum atomic E-state index is 12.8. The van der Waals surface area contributed by atoms with Crippen molar-refractivity contribution in [3.8, 4) is 0 Å². The van der Waals surface area contributed by atoms with Gasteiger partial charge in [0, 0.05) is 22.7 Å². The Labute approximate surface area is 136 Å². The summed E-state index contributed by atoms with van der Waals surface area (Å²) < 4.78 is 0. The Morgan fingerprint density at radius 3 is 2.96 bits per heavy atom. The molecule has 3 nitrogen and oxygen atoms in total. The van der Waals surface area contributed by atoms with Crippen LogP contribution in [-0.4, -0.2) is 5.91 Å². The summed E-state index contributed by atoms with van der Waals surface area (Å²) in [5, 5.41) is 3.10. The number of hydrogen-bond acceptors (Lipinski definition) is 2. The quantitative estimate of drug-likeness (QED) is 0.829. The minimum absolute atomic E-state index is 0.0765. The van der Waals surface area contributed by atoms with Gasteiger partial charge < -0.3 is 11.1 Å². The van der Waals surface area contributed by atoms with E-state index >= 15 is 0 Å². The number of aryl methyl sites for hydroxylation is 2. The fourth-order valence-corrected chi connectivity index (χ4v) is 4.17. The molecule has 1 saturated carbocycles. The first kappa shape index (κ1) is 14.3. The second-order valence-electron chi connectivity index (χ2n) is 6.99. The molecule has 2 aromatic carbocycles. The van der Waals surface area contributed by atoms with Crippen molar-refractivity contribution < 1.29 is 4.79 Å². The van der Waals surface area contributed by atoms with Crippen molar-refractivity contribution in [3.05, 3.63) is 59.2 Å². The molecule has 0 heterocycles. The minimum atomic E-state index is 0.0765. The van der Waals surface area contributed by atoms with Crippen molar-refractivity contribution in [1.29, 1.82) is 0 Å². The highest BCUT2D eigenvalue weighted by Crippen LogP contribution is 2.60. The number of nitrogens with one attached hydrogen (secondary N) is 1. The largest absolute Gasteiger partial charge is 0.399 e. The molecule has 2 aliphatic rings. The van der Waals surface area contributed by atoms with Crippen molar-refractivity contribution >= 4 is 17.3 Å². The molecular weight excluding hydrogens is 284 g/mol. The molecule has 0 bridgehead atoms. The third-order valence-electron chi connectivity index (χ3n) is 5.53. The molecule has 2 aliphatic carbocycles. The number of fused-ring (bicyclic) bond motifs is 2. The number of benzene rings is 2. The average molecular weight is 306 g/mol. The van der Waals surface area contributed by atoms with Crippen LogP contribution in [0.25, 0.3) is 0 Å². The van der Waals surface area contributed by atoms with Gasteiger partial charge in [0.05, 0.1) is 0 Å². The summed E-state index contributed by atoms with van der Waals surface area (Å²) in [7, 11) is 0. The van der Waals surface area contributed by atoms with E-state index in [9.17, 15) is 4.79 Å². The van der Waals surface area contributed by atoms with Crippen molar-refractivity contribution in [1.82, 2.24) is 0 Å². The zero-order chi connectivity index (χ0) is 16.0. The lowest BCUT2D eigenvalue weighted by atomic mass is 9.78. The maximum absolute atomic E-state index is 12.8. The third kappa shape index (κ3) is 2.31. The first-order valence-electron chi connectivity index (χ1n) is 8.35. The van der Waals surface area contributed by atoms with Gasteiger partial charge in [-0.2, -0.15) is 0 Å². The van der Waals surface area contributed by atoms with Crippen LogP contribution in [0.15, 0.2) is 42.5 Å². The van der Waals surface area contributed by atoms with Crippen molar-refractivity contribution in [2.45, 2.75) is 38.0 Å². The fourth-order valence-electron chi connectivity index (χ4n) is 4.17. The van der Waals surface area contributed by atoms with Gasteiger partial charge >= 0.3 is 0 Å². The number of rotatable bonds is 2. The molecule has 1 amide bonds.